The normalized spacial score (nSPS) is 12.0. The second kappa shape index (κ2) is 7.66. The van der Waals surface area contributed by atoms with Crippen LogP contribution in [-0.4, -0.2) is 43.2 Å². The maximum Gasteiger partial charge on any atom is 0.336 e. The zero-order valence-electron chi connectivity index (χ0n) is 10.5. The lowest BCUT2D eigenvalue weighted by atomic mass is 10.3. The van der Waals surface area contributed by atoms with Gasteiger partial charge < -0.3 is 19.8 Å². The van der Waals surface area contributed by atoms with Crippen LogP contribution in [0.4, 0.5) is 0 Å². The Bertz CT molecular complexity index is 442. The number of carbonyl (C=O) groups excluding carboxylic acids is 2. The van der Waals surface area contributed by atoms with Gasteiger partial charge in [0.25, 0.3) is 5.91 Å². The number of aromatic amines is 1. The molecule has 1 rings (SSSR count). The van der Waals surface area contributed by atoms with Crippen molar-refractivity contribution in [2.75, 3.05) is 20.3 Å². The van der Waals surface area contributed by atoms with Crippen LogP contribution in [0.1, 0.15) is 17.4 Å². The van der Waals surface area contributed by atoms with Crippen LogP contribution in [0.2, 0.25) is 0 Å². The van der Waals surface area contributed by atoms with E-state index < -0.39 is 12.1 Å². The van der Waals surface area contributed by atoms with Crippen molar-refractivity contribution in [2.24, 2.45) is 0 Å². The molecule has 1 aromatic heterocycles. The average Bonchev–Trinajstić information content (AvgIpc) is 2.73. The molecule has 0 bridgehead atoms. The highest BCUT2D eigenvalue weighted by molar-refractivity contribution is 9.13. The molecule has 1 unspecified atom stereocenters. The molecule has 2 N–H and O–H groups in total. The van der Waals surface area contributed by atoms with E-state index in [1.807, 2.05) is 0 Å². The minimum Gasteiger partial charge on any atom is -0.467 e. The van der Waals surface area contributed by atoms with Gasteiger partial charge in [-0.2, -0.15) is 0 Å². The summed E-state index contributed by atoms with van der Waals surface area (Å²) in [6.45, 7) is 2.17. The van der Waals surface area contributed by atoms with Crippen molar-refractivity contribution in [1.82, 2.24) is 10.3 Å². The second-order valence-corrected chi connectivity index (χ2v) is 5.17. The molecule has 1 atom stereocenters. The number of methoxy groups -OCH3 is 1. The number of ether oxygens (including phenoxy) is 2. The number of aromatic nitrogens is 1. The standard InChI is InChI=1S/C11H14Br2N2O4/c1-3-19-8(11(17)18-2)5-14-10(16)7-4-6(12)9(13)15-7/h4,8,15H,3,5H2,1-2H3,(H,14,16). The first-order valence-corrected chi connectivity index (χ1v) is 7.09. The summed E-state index contributed by atoms with van der Waals surface area (Å²) in [6, 6.07) is 1.63. The van der Waals surface area contributed by atoms with Gasteiger partial charge in [-0.15, -0.1) is 0 Å². The molecule has 0 aliphatic heterocycles. The Kier molecular flexibility index (Phi) is 6.53. The molecule has 1 aromatic rings. The minimum absolute atomic E-state index is 0.0492. The number of hydrogen-bond acceptors (Lipinski definition) is 4. The van der Waals surface area contributed by atoms with E-state index in [-0.39, 0.29) is 12.5 Å². The van der Waals surface area contributed by atoms with Crippen LogP contribution in [0.3, 0.4) is 0 Å². The molecular weight excluding hydrogens is 384 g/mol. The fraction of sp³-hybridized carbons (Fsp3) is 0.455. The van der Waals surface area contributed by atoms with E-state index in [0.717, 1.165) is 4.47 Å². The quantitative estimate of drug-likeness (QED) is 0.718. The SMILES string of the molecule is CCOC(CNC(=O)c1cc(Br)c(Br)[nH]1)C(=O)OC. The Labute approximate surface area is 127 Å². The Morgan fingerprint density at radius 3 is 2.63 bits per heavy atom. The number of H-pyrrole nitrogens is 1. The minimum atomic E-state index is -0.805. The van der Waals surface area contributed by atoms with Crippen molar-refractivity contribution in [3.63, 3.8) is 0 Å². The van der Waals surface area contributed by atoms with Crippen molar-refractivity contribution >= 4 is 43.7 Å². The number of halogens is 2. The first kappa shape index (κ1) is 16.2. The van der Waals surface area contributed by atoms with Gasteiger partial charge in [0, 0.05) is 6.61 Å². The molecule has 0 saturated carbocycles. The van der Waals surface area contributed by atoms with E-state index in [1.165, 1.54) is 7.11 Å². The van der Waals surface area contributed by atoms with Gasteiger partial charge in [-0.3, -0.25) is 4.79 Å². The zero-order valence-corrected chi connectivity index (χ0v) is 13.6. The van der Waals surface area contributed by atoms with Crippen LogP contribution < -0.4 is 5.32 Å². The summed E-state index contributed by atoms with van der Waals surface area (Å²) in [7, 11) is 1.27. The Morgan fingerprint density at radius 2 is 2.16 bits per heavy atom. The number of amides is 1. The Hall–Kier alpha value is -0.860. The summed E-state index contributed by atoms with van der Waals surface area (Å²) in [6.07, 6.45) is -0.805. The zero-order chi connectivity index (χ0) is 14.4. The van der Waals surface area contributed by atoms with Crippen LogP contribution in [0, 0.1) is 0 Å². The van der Waals surface area contributed by atoms with Crippen molar-refractivity contribution in [3.05, 3.63) is 20.8 Å². The van der Waals surface area contributed by atoms with Crippen molar-refractivity contribution in [2.45, 2.75) is 13.0 Å². The van der Waals surface area contributed by atoms with Gasteiger partial charge in [-0.05, 0) is 44.8 Å². The molecule has 0 aromatic carbocycles. The lowest BCUT2D eigenvalue weighted by Gasteiger charge is -2.14. The van der Waals surface area contributed by atoms with E-state index in [0.29, 0.717) is 16.9 Å². The largest absolute Gasteiger partial charge is 0.467 e. The second-order valence-electron chi connectivity index (χ2n) is 3.52. The predicted octanol–water partition coefficient (Wildman–Crippen LogP) is 1.85. The molecule has 6 nitrogen and oxygen atoms in total. The molecule has 19 heavy (non-hydrogen) atoms. The van der Waals surface area contributed by atoms with Crippen LogP contribution in [0.5, 0.6) is 0 Å². The highest BCUT2D eigenvalue weighted by Crippen LogP contribution is 2.22. The van der Waals surface area contributed by atoms with Crippen LogP contribution in [0.15, 0.2) is 15.1 Å². The van der Waals surface area contributed by atoms with E-state index >= 15 is 0 Å². The highest BCUT2D eigenvalue weighted by atomic mass is 79.9. The van der Waals surface area contributed by atoms with Gasteiger partial charge in [0.15, 0.2) is 6.10 Å². The van der Waals surface area contributed by atoms with Gasteiger partial charge in [0.2, 0.25) is 0 Å². The van der Waals surface area contributed by atoms with E-state index in [2.05, 4.69) is 46.9 Å². The molecule has 0 aliphatic rings. The molecule has 0 radical (unpaired) electrons. The average molecular weight is 398 g/mol. The molecule has 106 valence electrons. The number of esters is 1. The summed E-state index contributed by atoms with van der Waals surface area (Å²) in [4.78, 5) is 26.1. The lowest BCUT2D eigenvalue weighted by Crippen LogP contribution is -2.39. The molecule has 0 saturated heterocycles. The van der Waals surface area contributed by atoms with Crippen molar-refractivity contribution in [3.8, 4) is 0 Å². The first-order valence-electron chi connectivity index (χ1n) is 5.51. The smallest absolute Gasteiger partial charge is 0.336 e. The predicted molar refractivity (Wildman–Crippen MR) is 76.0 cm³/mol. The monoisotopic (exact) mass is 396 g/mol. The molecule has 0 spiro atoms. The third-order valence-electron chi connectivity index (χ3n) is 2.25. The lowest BCUT2D eigenvalue weighted by molar-refractivity contribution is -0.153. The molecule has 0 aliphatic carbocycles. The fourth-order valence-corrected chi connectivity index (χ4v) is 2.01. The molecular formula is C11H14Br2N2O4. The van der Waals surface area contributed by atoms with Gasteiger partial charge in [-0.25, -0.2) is 4.79 Å². The third-order valence-corrected chi connectivity index (χ3v) is 4.03. The summed E-state index contributed by atoms with van der Waals surface area (Å²) in [5.41, 5.74) is 0.374. The molecule has 1 heterocycles. The summed E-state index contributed by atoms with van der Waals surface area (Å²) in [5, 5.41) is 2.60. The van der Waals surface area contributed by atoms with Gasteiger partial charge in [0.05, 0.1) is 22.7 Å². The topological polar surface area (TPSA) is 80.4 Å². The van der Waals surface area contributed by atoms with Gasteiger partial charge in [0.1, 0.15) is 5.69 Å². The Morgan fingerprint density at radius 1 is 1.47 bits per heavy atom. The number of nitrogens with one attached hydrogen (secondary N) is 2. The van der Waals surface area contributed by atoms with Gasteiger partial charge >= 0.3 is 5.97 Å². The fourth-order valence-electron chi connectivity index (χ4n) is 1.35. The number of hydrogen-bond donors (Lipinski definition) is 2. The van der Waals surface area contributed by atoms with Crippen molar-refractivity contribution in [1.29, 1.82) is 0 Å². The Balaban J connectivity index is 2.58. The molecule has 8 heteroatoms. The maximum absolute atomic E-state index is 11.8. The van der Waals surface area contributed by atoms with E-state index in [9.17, 15) is 9.59 Å². The van der Waals surface area contributed by atoms with Crippen LogP contribution >= 0.6 is 31.9 Å². The van der Waals surface area contributed by atoms with Crippen LogP contribution in [0.25, 0.3) is 0 Å². The number of rotatable bonds is 6. The summed E-state index contributed by atoms with van der Waals surface area (Å²) in [5.74, 6) is -0.851. The van der Waals surface area contributed by atoms with E-state index in [1.54, 1.807) is 13.0 Å². The van der Waals surface area contributed by atoms with Crippen LogP contribution in [-0.2, 0) is 14.3 Å². The number of carbonyl (C=O) groups is 2. The van der Waals surface area contributed by atoms with E-state index in [4.69, 9.17) is 4.74 Å². The summed E-state index contributed by atoms with van der Waals surface area (Å²) >= 11 is 6.51. The first-order chi connectivity index (χ1) is 8.99. The highest BCUT2D eigenvalue weighted by Gasteiger charge is 2.21. The van der Waals surface area contributed by atoms with Gasteiger partial charge in [-0.1, -0.05) is 0 Å². The molecule has 0 fully saturated rings. The third kappa shape index (κ3) is 4.63. The summed E-state index contributed by atoms with van der Waals surface area (Å²) < 4.78 is 11.2. The molecule has 1 amide bonds. The van der Waals surface area contributed by atoms with Crippen molar-refractivity contribution < 1.29 is 19.1 Å². The maximum atomic E-state index is 11.8.